The third-order valence-corrected chi connectivity index (χ3v) is 3.01. The highest BCUT2D eigenvalue weighted by atomic mass is 16.5. The Balaban J connectivity index is 2.18. The number of amides is 1. The van der Waals surface area contributed by atoms with Gasteiger partial charge in [-0.2, -0.15) is 5.10 Å². The van der Waals surface area contributed by atoms with Crippen molar-refractivity contribution >= 4 is 23.6 Å². The van der Waals surface area contributed by atoms with Gasteiger partial charge in [0, 0.05) is 13.1 Å². The molecule has 0 saturated heterocycles. The van der Waals surface area contributed by atoms with Gasteiger partial charge in [-0.15, -0.1) is 0 Å². The number of nitrogens with one attached hydrogen (secondary N) is 1. The Morgan fingerprint density at radius 2 is 2.09 bits per heavy atom. The van der Waals surface area contributed by atoms with Crippen LogP contribution in [0.1, 0.15) is 27.7 Å². The molecule has 1 amide bonds. The summed E-state index contributed by atoms with van der Waals surface area (Å²) < 4.78 is 11.4. The number of hydrogen-bond acceptors (Lipinski definition) is 5. The zero-order chi connectivity index (χ0) is 16.3. The molecule has 0 radical (unpaired) electrons. The number of carbonyl (C=O) groups is 2. The minimum absolute atomic E-state index is 0.190. The van der Waals surface area contributed by atoms with Gasteiger partial charge < -0.3 is 14.5 Å². The monoisotopic (exact) mass is 303 g/mol. The maximum atomic E-state index is 12.0. The molecule has 2 heterocycles. The number of aryl methyl sites for hydroxylation is 3. The summed E-state index contributed by atoms with van der Waals surface area (Å²) in [4.78, 5) is 23.8. The Bertz CT molecular complexity index is 740. The Morgan fingerprint density at radius 1 is 1.36 bits per heavy atom. The van der Waals surface area contributed by atoms with Gasteiger partial charge in [0.2, 0.25) is 5.91 Å². The van der Waals surface area contributed by atoms with E-state index in [0.29, 0.717) is 17.1 Å². The number of ether oxygens (including phenoxy) is 1. The van der Waals surface area contributed by atoms with Gasteiger partial charge in [0.15, 0.2) is 5.69 Å². The quantitative estimate of drug-likeness (QED) is 0.690. The average Bonchev–Trinajstić information content (AvgIpc) is 3.00. The Morgan fingerprint density at radius 3 is 2.68 bits per heavy atom. The van der Waals surface area contributed by atoms with Crippen LogP contribution in [0, 0.1) is 13.8 Å². The summed E-state index contributed by atoms with van der Waals surface area (Å²) in [6.07, 6.45) is 2.87. The number of nitrogens with zero attached hydrogens (tertiary/aromatic N) is 2. The molecule has 22 heavy (non-hydrogen) atoms. The first kappa shape index (κ1) is 15.6. The molecule has 0 atom stereocenters. The van der Waals surface area contributed by atoms with E-state index in [9.17, 15) is 9.59 Å². The molecule has 2 rings (SSSR count). The molecular weight excluding hydrogens is 286 g/mol. The van der Waals surface area contributed by atoms with E-state index in [0.717, 1.165) is 5.76 Å². The van der Waals surface area contributed by atoms with Crippen molar-refractivity contribution in [2.45, 2.75) is 13.8 Å². The highest BCUT2D eigenvalue weighted by Crippen LogP contribution is 2.20. The van der Waals surface area contributed by atoms with Crippen LogP contribution in [0.25, 0.3) is 6.08 Å². The minimum Gasteiger partial charge on any atom is -0.464 e. The summed E-state index contributed by atoms with van der Waals surface area (Å²) in [5.74, 6) is 0.374. The van der Waals surface area contributed by atoms with Crippen LogP contribution in [0.15, 0.2) is 22.6 Å². The van der Waals surface area contributed by atoms with Crippen LogP contribution >= 0.6 is 0 Å². The number of methoxy groups -OCH3 is 1. The molecule has 0 aliphatic rings. The van der Waals surface area contributed by atoms with E-state index in [1.807, 2.05) is 6.92 Å². The van der Waals surface area contributed by atoms with Gasteiger partial charge >= 0.3 is 5.97 Å². The van der Waals surface area contributed by atoms with Gasteiger partial charge in [0.05, 0.1) is 18.5 Å². The largest absolute Gasteiger partial charge is 0.464 e. The third-order valence-electron chi connectivity index (χ3n) is 3.01. The van der Waals surface area contributed by atoms with Crippen LogP contribution in [0.3, 0.4) is 0 Å². The second kappa shape index (κ2) is 6.30. The Kier molecular flexibility index (Phi) is 4.45. The van der Waals surface area contributed by atoms with E-state index in [1.54, 1.807) is 32.2 Å². The fraction of sp³-hybridized carbons (Fsp3) is 0.267. The standard InChI is InChI=1S/C15H17N3O4/c1-9-5-6-11(22-9)7-8-12(19)16-13-10(2)17-18(3)14(13)15(20)21-4/h5-8H,1-4H3,(H,16,19)/b8-7+. The summed E-state index contributed by atoms with van der Waals surface area (Å²) in [6, 6.07) is 3.56. The molecule has 0 bridgehead atoms. The lowest BCUT2D eigenvalue weighted by molar-refractivity contribution is -0.111. The van der Waals surface area contributed by atoms with E-state index >= 15 is 0 Å². The molecule has 116 valence electrons. The van der Waals surface area contributed by atoms with Gasteiger partial charge in [-0.25, -0.2) is 4.79 Å². The molecule has 0 aliphatic carbocycles. The molecular formula is C15H17N3O4. The second-order valence-electron chi connectivity index (χ2n) is 4.70. The smallest absolute Gasteiger partial charge is 0.358 e. The van der Waals surface area contributed by atoms with Crippen LogP contribution in [0.4, 0.5) is 5.69 Å². The van der Waals surface area contributed by atoms with Crippen molar-refractivity contribution in [3.8, 4) is 0 Å². The van der Waals surface area contributed by atoms with Gasteiger partial charge in [-0.05, 0) is 32.1 Å². The SMILES string of the molecule is COC(=O)c1c(NC(=O)/C=C/c2ccc(C)o2)c(C)nn1C. The van der Waals surface area contributed by atoms with Crippen LogP contribution < -0.4 is 5.32 Å². The lowest BCUT2D eigenvalue weighted by Crippen LogP contribution is -2.15. The number of esters is 1. The summed E-state index contributed by atoms with van der Waals surface area (Å²) in [7, 11) is 2.88. The van der Waals surface area contributed by atoms with Crippen molar-refractivity contribution in [2.24, 2.45) is 7.05 Å². The van der Waals surface area contributed by atoms with Crippen molar-refractivity contribution in [2.75, 3.05) is 12.4 Å². The summed E-state index contributed by atoms with van der Waals surface area (Å²) in [5.41, 5.74) is 1.05. The topological polar surface area (TPSA) is 86.4 Å². The Labute approximate surface area is 127 Å². The first-order valence-corrected chi connectivity index (χ1v) is 6.59. The van der Waals surface area contributed by atoms with Crippen molar-refractivity contribution < 1.29 is 18.7 Å². The highest BCUT2D eigenvalue weighted by Gasteiger charge is 2.21. The predicted molar refractivity (Wildman–Crippen MR) is 80.4 cm³/mol. The first-order chi connectivity index (χ1) is 10.4. The summed E-state index contributed by atoms with van der Waals surface area (Å²) in [6.45, 7) is 3.51. The fourth-order valence-corrected chi connectivity index (χ4v) is 2.00. The number of carbonyl (C=O) groups excluding carboxylic acids is 2. The summed E-state index contributed by atoms with van der Waals surface area (Å²) >= 11 is 0. The van der Waals surface area contributed by atoms with Crippen molar-refractivity contribution in [1.29, 1.82) is 0 Å². The molecule has 0 spiro atoms. The van der Waals surface area contributed by atoms with Crippen LogP contribution in [-0.4, -0.2) is 28.8 Å². The molecule has 0 fully saturated rings. The highest BCUT2D eigenvalue weighted by molar-refractivity contribution is 6.06. The van der Waals surface area contributed by atoms with Gasteiger partial charge in [-0.3, -0.25) is 9.48 Å². The van der Waals surface area contributed by atoms with Gasteiger partial charge in [0.1, 0.15) is 11.5 Å². The second-order valence-corrected chi connectivity index (χ2v) is 4.70. The lowest BCUT2D eigenvalue weighted by atomic mass is 10.3. The molecule has 0 aromatic carbocycles. The number of rotatable bonds is 4. The van der Waals surface area contributed by atoms with E-state index in [4.69, 9.17) is 9.15 Å². The van der Waals surface area contributed by atoms with Crippen molar-refractivity contribution in [3.63, 3.8) is 0 Å². The van der Waals surface area contributed by atoms with Gasteiger partial charge in [0.25, 0.3) is 0 Å². The molecule has 2 aromatic heterocycles. The molecule has 0 saturated carbocycles. The number of hydrogen-bond donors (Lipinski definition) is 1. The first-order valence-electron chi connectivity index (χ1n) is 6.59. The van der Waals surface area contributed by atoms with E-state index in [-0.39, 0.29) is 5.69 Å². The van der Waals surface area contributed by atoms with E-state index < -0.39 is 11.9 Å². The van der Waals surface area contributed by atoms with Crippen molar-refractivity contribution in [1.82, 2.24) is 9.78 Å². The minimum atomic E-state index is -0.566. The molecule has 2 aromatic rings. The fourth-order valence-electron chi connectivity index (χ4n) is 2.00. The molecule has 7 nitrogen and oxygen atoms in total. The zero-order valence-electron chi connectivity index (χ0n) is 12.8. The molecule has 7 heteroatoms. The van der Waals surface area contributed by atoms with Crippen LogP contribution in [0.2, 0.25) is 0 Å². The van der Waals surface area contributed by atoms with E-state index in [1.165, 1.54) is 17.9 Å². The molecule has 1 N–H and O–H groups in total. The van der Waals surface area contributed by atoms with E-state index in [2.05, 4.69) is 10.4 Å². The van der Waals surface area contributed by atoms with Crippen LogP contribution in [-0.2, 0) is 16.6 Å². The average molecular weight is 303 g/mol. The Hall–Kier alpha value is -2.83. The zero-order valence-corrected chi connectivity index (χ0v) is 12.8. The lowest BCUT2D eigenvalue weighted by Gasteiger charge is -2.05. The summed E-state index contributed by atoms with van der Waals surface area (Å²) in [5, 5.41) is 6.75. The normalized spacial score (nSPS) is 10.9. The van der Waals surface area contributed by atoms with Crippen LogP contribution in [0.5, 0.6) is 0 Å². The number of anilines is 1. The van der Waals surface area contributed by atoms with Gasteiger partial charge in [-0.1, -0.05) is 0 Å². The molecule has 0 unspecified atom stereocenters. The molecule has 0 aliphatic heterocycles. The maximum Gasteiger partial charge on any atom is 0.358 e. The third kappa shape index (κ3) is 3.25. The van der Waals surface area contributed by atoms with Crippen molar-refractivity contribution in [3.05, 3.63) is 41.1 Å². The maximum absolute atomic E-state index is 12.0. The number of furan rings is 1. The predicted octanol–water partition coefficient (Wildman–Crippen LogP) is 2.07. The number of aromatic nitrogens is 2.